The van der Waals surface area contributed by atoms with Gasteiger partial charge in [-0.15, -0.1) is 0 Å². The molecule has 0 aromatic heterocycles. The maximum Gasteiger partial charge on any atom is 0.240 e. The highest BCUT2D eigenvalue weighted by Crippen LogP contribution is 2.18. The fourth-order valence-electron chi connectivity index (χ4n) is 1.88. The zero-order valence-corrected chi connectivity index (χ0v) is 11.0. The summed E-state index contributed by atoms with van der Waals surface area (Å²) in [5.41, 5.74) is 4.04. The van der Waals surface area contributed by atoms with Crippen molar-refractivity contribution < 1.29 is 13.2 Å². The van der Waals surface area contributed by atoms with Crippen LogP contribution in [-0.4, -0.2) is 26.3 Å². The van der Waals surface area contributed by atoms with Crippen molar-refractivity contribution in [2.24, 2.45) is 11.0 Å². The fraction of sp³-hybridized carbons (Fsp3) is 0.333. The standard InChI is InChI=1S/C12H14N2O3S/c1-8-7-11(15)13-14-12(8)9-3-5-10(6-4-9)18(2,16)17/h3-6,8H,7H2,1-2H3,(H,13,15). The van der Waals surface area contributed by atoms with E-state index >= 15 is 0 Å². The second kappa shape index (κ2) is 4.53. The summed E-state index contributed by atoms with van der Waals surface area (Å²) >= 11 is 0. The fourth-order valence-corrected chi connectivity index (χ4v) is 2.51. The van der Waals surface area contributed by atoms with Crippen LogP contribution in [0.25, 0.3) is 0 Å². The molecule has 96 valence electrons. The molecule has 0 fully saturated rings. The van der Waals surface area contributed by atoms with Gasteiger partial charge in [-0.05, 0) is 17.7 Å². The van der Waals surface area contributed by atoms with Gasteiger partial charge in [0.2, 0.25) is 5.91 Å². The molecule has 1 aromatic rings. The van der Waals surface area contributed by atoms with Gasteiger partial charge >= 0.3 is 0 Å². The number of carbonyl (C=O) groups is 1. The predicted molar refractivity (Wildman–Crippen MR) is 68.0 cm³/mol. The first-order chi connectivity index (χ1) is 8.38. The normalized spacial score (nSPS) is 20.2. The van der Waals surface area contributed by atoms with Gasteiger partial charge in [-0.25, -0.2) is 13.8 Å². The quantitative estimate of drug-likeness (QED) is 0.866. The lowest BCUT2D eigenvalue weighted by Gasteiger charge is -2.19. The summed E-state index contributed by atoms with van der Waals surface area (Å²) in [5.74, 6) is -0.0677. The second-order valence-electron chi connectivity index (χ2n) is 4.43. The van der Waals surface area contributed by atoms with Crippen LogP contribution in [0.2, 0.25) is 0 Å². The van der Waals surface area contributed by atoms with Gasteiger partial charge in [0, 0.05) is 18.6 Å². The minimum absolute atomic E-state index is 0.0304. The molecule has 0 saturated heterocycles. The Morgan fingerprint density at radius 2 is 1.89 bits per heavy atom. The number of benzene rings is 1. The molecule has 1 aliphatic heterocycles. The lowest BCUT2D eigenvalue weighted by atomic mass is 9.94. The average Bonchev–Trinajstić information content (AvgIpc) is 2.28. The minimum Gasteiger partial charge on any atom is -0.273 e. The molecule has 6 heteroatoms. The van der Waals surface area contributed by atoms with Crippen molar-refractivity contribution >= 4 is 21.5 Å². The number of sulfone groups is 1. The van der Waals surface area contributed by atoms with Crippen molar-refractivity contribution in [2.75, 3.05) is 6.26 Å². The van der Waals surface area contributed by atoms with Gasteiger partial charge in [0.25, 0.3) is 0 Å². The Morgan fingerprint density at radius 1 is 1.28 bits per heavy atom. The van der Waals surface area contributed by atoms with Gasteiger partial charge in [-0.1, -0.05) is 19.1 Å². The largest absolute Gasteiger partial charge is 0.273 e. The Hall–Kier alpha value is -1.69. The topological polar surface area (TPSA) is 75.6 Å². The van der Waals surface area contributed by atoms with Crippen LogP contribution in [-0.2, 0) is 14.6 Å². The molecular weight excluding hydrogens is 252 g/mol. The summed E-state index contributed by atoms with van der Waals surface area (Å²) in [4.78, 5) is 11.4. The van der Waals surface area contributed by atoms with Crippen LogP contribution >= 0.6 is 0 Å². The van der Waals surface area contributed by atoms with Crippen LogP contribution in [0, 0.1) is 5.92 Å². The van der Waals surface area contributed by atoms with Crippen molar-refractivity contribution in [3.05, 3.63) is 29.8 Å². The molecular formula is C12H14N2O3S. The van der Waals surface area contributed by atoms with Gasteiger partial charge in [0.05, 0.1) is 10.6 Å². The lowest BCUT2D eigenvalue weighted by Crippen LogP contribution is -2.31. The molecule has 1 N–H and O–H groups in total. The molecule has 2 rings (SSSR count). The Morgan fingerprint density at radius 3 is 2.39 bits per heavy atom. The zero-order chi connectivity index (χ0) is 13.3. The summed E-state index contributed by atoms with van der Waals surface area (Å²) in [6, 6.07) is 6.53. The van der Waals surface area contributed by atoms with Gasteiger partial charge in [-0.2, -0.15) is 5.10 Å². The van der Waals surface area contributed by atoms with Crippen molar-refractivity contribution in [2.45, 2.75) is 18.2 Å². The summed E-state index contributed by atoms with van der Waals surface area (Å²) in [6.07, 6.45) is 1.57. The predicted octanol–water partition coefficient (Wildman–Crippen LogP) is 0.950. The number of hydrazone groups is 1. The molecule has 1 heterocycles. The van der Waals surface area contributed by atoms with Crippen LogP contribution in [0.3, 0.4) is 0 Å². The molecule has 0 spiro atoms. The second-order valence-corrected chi connectivity index (χ2v) is 6.45. The number of amides is 1. The van der Waals surface area contributed by atoms with Gasteiger partial charge in [0.1, 0.15) is 0 Å². The zero-order valence-electron chi connectivity index (χ0n) is 10.2. The maximum atomic E-state index is 11.3. The highest BCUT2D eigenvalue weighted by Gasteiger charge is 2.21. The van der Waals surface area contributed by atoms with E-state index in [9.17, 15) is 13.2 Å². The monoisotopic (exact) mass is 266 g/mol. The summed E-state index contributed by atoms with van der Waals surface area (Å²) in [7, 11) is -3.18. The third-order valence-corrected chi connectivity index (χ3v) is 3.97. The van der Waals surface area contributed by atoms with Crippen LogP contribution < -0.4 is 5.43 Å². The van der Waals surface area contributed by atoms with E-state index in [1.165, 1.54) is 6.26 Å². The number of hydrogen-bond donors (Lipinski definition) is 1. The number of rotatable bonds is 2. The van der Waals surface area contributed by atoms with Crippen LogP contribution in [0.4, 0.5) is 0 Å². The van der Waals surface area contributed by atoms with Crippen molar-refractivity contribution in [1.82, 2.24) is 5.43 Å². The number of nitrogens with zero attached hydrogens (tertiary/aromatic N) is 1. The highest BCUT2D eigenvalue weighted by atomic mass is 32.2. The first kappa shape index (κ1) is 12.8. The Balaban J connectivity index is 2.33. The minimum atomic E-state index is -3.18. The maximum absolute atomic E-state index is 11.3. The molecule has 0 bridgehead atoms. The van der Waals surface area contributed by atoms with E-state index in [0.717, 1.165) is 11.3 Å². The number of carbonyl (C=O) groups excluding carboxylic acids is 1. The van der Waals surface area contributed by atoms with E-state index in [0.29, 0.717) is 6.42 Å². The first-order valence-corrected chi connectivity index (χ1v) is 7.44. The molecule has 1 aromatic carbocycles. The van der Waals surface area contributed by atoms with Gasteiger partial charge < -0.3 is 0 Å². The lowest BCUT2D eigenvalue weighted by molar-refractivity contribution is -0.121. The van der Waals surface area contributed by atoms with E-state index in [1.807, 2.05) is 6.92 Å². The van der Waals surface area contributed by atoms with Crippen molar-refractivity contribution in [3.8, 4) is 0 Å². The van der Waals surface area contributed by atoms with Gasteiger partial charge in [0.15, 0.2) is 9.84 Å². The van der Waals surface area contributed by atoms with E-state index in [1.54, 1.807) is 24.3 Å². The SMILES string of the molecule is CC1CC(=O)NN=C1c1ccc(S(C)(=O)=O)cc1. The summed E-state index contributed by atoms with van der Waals surface area (Å²) in [5, 5.41) is 4.02. The van der Waals surface area contributed by atoms with Crippen LogP contribution in [0.1, 0.15) is 18.9 Å². The molecule has 0 aliphatic carbocycles. The highest BCUT2D eigenvalue weighted by molar-refractivity contribution is 7.90. The Bertz CT molecular complexity index is 603. The molecule has 18 heavy (non-hydrogen) atoms. The number of nitrogens with one attached hydrogen (secondary N) is 1. The summed E-state index contributed by atoms with van der Waals surface area (Å²) in [6.45, 7) is 1.92. The molecule has 5 nitrogen and oxygen atoms in total. The van der Waals surface area contributed by atoms with E-state index in [2.05, 4.69) is 10.5 Å². The Labute approximate surface area is 106 Å². The molecule has 1 amide bonds. The molecule has 0 radical (unpaired) electrons. The van der Waals surface area contributed by atoms with Crippen LogP contribution in [0.5, 0.6) is 0 Å². The smallest absolute Gasteiger partial charge is 0.240 e. The third kappa shape index (κ3) is 2.59. The van der Waals surface area contributed by atoms with Crippen LogP contribution in [0.15, 0.2) is 34.3 Å². The Kier molecular flexibility index (Phi) is 3.21. The van der Waals surface area contributed by atoms with Crippen molar-refractivity contribution in [3.63, 3.8) is 0 Å². The first-order valence-electron chi connectivity index (χ1n) is 5.55. The van der Waals surface area contributed by atoms with E-state index in [-0.39, 0.29) is 16.7 Å². The van der Waals surface area contributed by atoms with Crippen molar-refractivity contribution in [1.29, 1.82) is 0 Å². The molecule has 1 unspecified atom stereocenters. The molecule has 1 atom stereocenters. The summed E-state index contributed by atoms with van der Waals surface area (Å²) < 4.78 is 22.7. The van der Waals surface area contributed by atoms with E-state index in [4.69, 9.17) is 0 Å². The molecule has 0 saturated carbocycles. The number of hydrogen-bond acceptors (Lipinski definition) is 4. The van der Waals surface area contributed by atoms with E-state index < -0.39 is 9.84 Å². The van der Waals surface area contributed by atoms with Gasteiger partial charge in [-0.3, -0.25) is 4.79 Å². The third-order valence-electron chi connectivity index (χ3n) is 2.84. The average molecular weight is 266 g/mol. The molecule has 1 aliphatic rings.